The van der Waals surface area contributed by atoms with E-state index in [0.717, 1.165) is 5.56 Å². The summed E-state index contributed by atoms with van der Waals surface area (Å²) in [4.78, 5) is 27.7. The number of halogens is 1. The molecule has 1 N–H and O–H groups in total. The highest BCUT2D eigenvalue weighted by Crippen LogP contribution is 2.20. The molecule has 32 heavy (non-hydrogen) atoms. The van der Waals surface area contributed by atoms with Crippen molar-refractivity contribution in [2.45, 2.75) is 59.5 Å². The number of carbonyl (C=O) groups is 2. The summed E-state index contributed by atoms with van der Waals surface area (Å²) in [6, 6.07) is 14.5. The highest BCUT2D eigenvalue weighted by molar-refractivity contribution is 6.30. The van der Waals surface area contributed by atoms with Crippen molar-refractivity contribution in [3.05, 3.63) is 64.7 Å². The van der Waals surface area contributed by atoms with Crippen LogP contribution >= 0.6 is 11.6 Å². The smallest absolute Gasteiger partial charge is 0.261 e. The minimum absolute atomic E-state index is 0.136. The summed E-state index contributed by atoms with van der Waals surface area (Å²) in [6.07, 6.45) is 0.506. The Morgan fingerprint density at radius 2 is 1.62 bits per heavy atom. The fourth-order valence-electron chi connectivity index (χ4n) is 3.31. The molecule has 1 atom stereocenters. The van der Waals surface area contributed by atoms with Gasteiger partial charge in [-0.25, -0.2) is 0 Å². The van der Waals surface area contributed by atoms with E-state index in [2.05, 4.69) is 19.2 Å². The maximum atomic E-state index is 13.2. The Balaban J connectivity index is 2.16. The molecule has 0 radical (unpaired) electrons. The standard InChI is InChI=1S/C26H35ClN2O3/c1-6-24(26(31)28-15-18(2)3)29(16-20-7-11-22(27)12-8-20)25(30)17-32-23-13-9-21(10-14-23)19(4)5/h7-14,18-19,24H,6,15-17H2,1-5H3,(H,28,31)/t24-/m1/s1. The van der Waals surface area contributed by atoms with Crippen molar-refractivity contribution in [2.24, 2.45) is 5.92 Å². The van der Waals surface area contributed by atoms with Crippen LogP contribution in [0.15, 0.2) is 48.5 Å². The number of nitrogens with one attached hydrogen (secondary N) is 1. The van der Waals surface area contributed by atoms with Gasteiger partial charge in [-0.15, -0.1) is 0 Å². The first-order valence-corrected chi connectivity index (χ1v) is 11.6. The van der Waals surface area contributed by atoms with Gasteiger partial charge in [0.15, 0.2) is 6.61 Å². The first-order valence-electron chi connectivity index (χ1n) is 11.3. The summed E-state index contributed by atoms with van der Waals surface area (Å²) in [7, 11) is 0. The van der Waals surface area contributed by atoms with E-state index in [-0.39, 0.29) is 18.4 Å². The fourth-order valence-corrected chi connectivity index (χ4v) is 3.43. The number of rotatable bonds is 11. The number of carbonyl (C=O) groups excluding carboxylic acids is 2. The Kier molecular flexibility index (Phi) is 10.0. The Labute approximate surface area is 197 Å². The molecule has 2 rings (SSSR count). The number of hydrogen-bond acceptors (Lipinski definition) is 3. The zero-order valence-corrected chi connectivity index (χ0v) is 20.5. The van der Waals surface area contributed by atoms with E-state index in [1.54, 1.807) is 17.0 Å². The Morgan fingerprint density at radius 3 is 2.16 bits per heavy atom. The van der Waals surface area contributed by atoms with Crippen LogP contribution in [0.2, 0.25) is 5.02 Å². The van der Waals surface area contributed by atoms with Crippen molar-refractivity contribution >= 4 is 23.4 Å². The van der Waals surface area contributed by atoms with Crippen LogP contribution in [0.25, 0.3) is 0 Å². The third kappa shape index (κ3) is 7.86. The molecule has 2 amide bonds. The van der Waals surface area contributed by atoms with Gasteiger partial charge in [-0.3, -0.25) is 9.59 Å². The second kappa shape index (κ2) is 12.5. The zero-order chi connectivity index (χ0) is 23.7. The van der Waals surface area contributed by atoms with Gasteiger partial charge in [0, 0.05) is 18.1 Å². The predicted octanol–water partition coefficient (Wildman–Crippen LogP) is 5.42. The predicted molar refractivity (Wildman–Crippen MR) is 130 cm³/mol. The number of amides is 2. The average molecular weight is 459 g/mol. The van der Waals surface area contributed by atoms with E-state index >= 15 is 0 Å². The van der Waals surface area contributed by atoms with Gasteiger partial charge in [0.05, 0.1) is 0 Å². The monoisotopic (exact) mass is 458 g/mol. The summed E-state index contributed by atoms with van der Waals surface area (Å²) in [5.41, 5.74) is 2.11. The fraction of sp³-hybridized carbons (Fsp3) is 0.462. The van der Waals surface area contributed by atoms with Crippen LogP contribution in [0.1, 0.15) is 58.1 Å². The molecular weight excluding hydrogens is 424 g/mol. The lowest BCUT2D eigenvalue weighted by atomic mass is 10.0. The summed E-state index contributed by atoms with van der Waals surface area (Å²) in [5, 5.41) is 3.59. The quantitative estimate of drug-likeness (QED) is 0.489. The minimum Gasteiger partial charge on any atom is -0.484 e. The van der Waals surface area contributed by atoms with Crippen molar-refractivity contribution in [1.82, 2.24) is 10.2 Å². The lowest BCUT2D eigenvalue weighted by Crippen LogP contribution is -2.50. The van der Waals surface area contributed by atoms with Gasteiger partial charge in [0.25, 0.3) is 5.91 Å². The molecule has 0 aliphatic carbocycles. The molecule has 0 spiro atoms. The molecule has 0 aliphatic heterocycles. The molecule has 0 saturated carbocycles. The van der Waals surface area contributed by atoms with Gasteiger partial charge >= 0.3 is 0 Å². The molecule has 0 fully saturated rings. The molecule has 2 aromatic carbocycles. The van der Waals surface area contributed by atoms with Gasteiger partial charge in [0.1, 0.15) is 11.8 Å². The molecule has 2 aromatic rings. The van der Waals surface area contributed by atoms with Crippen LogP contribution < -0.4 is 10.1 Å². The van der Waals surface area contributed by atoms with E-state index in [4.69, 9.17) is 16.3 Å². The molecule has 0 saturated heterocycles. The number of ether oxygens (including phenoxy) is 1. The average Bonchev–Trinajstić information content (AvgIpc) is 2.77. The number of benzene rings is 2. The largest absolute Gasteiger partial charge is 0.484 e. The van der Waals surface area contributed by atoms with Crippen LogP contribution in [0, 0.1) is 5.92 Å². The topological polar surface area (TPSA) is 58.6 Å². The summed E-state index contributed by atoms with van der Waals surface area (Å²) >= 11 is 6.01. The third-order valence-electron chi connectivity index (χ3n) is 5.25. The van der Waals surface area contributed by atoms with Crippen LogP contribution in [0.5, 0.6) is 5.75 Å². The Morgan fingerprint density at radius 1 is 1.00 bits per heavy atom. The molecule has 0 aromatic heterocycles. The van der Waals surface area contributed by atoms with Crippen molar-refractivity contribution in [3.8, 4) is 5.75 Å². The van der Waals surface area contributed by atoms with Crippen molar-refractivity contribution < 1.29 is 14.3 Å². The molecule has 5 nitrogen and oxygen atoms in total. The SMILES string of the molecule is CC[C@H](C(=O)NCC(C)C)N(Cc1ccc(Cl)cc1)C(=O)COc1ccc(C(C)C)cc1. The first kappa shape index (κ1) is 25.7. The van der Waals surface area contributed by atoms with Crippen LogP contribution in [0.4, 0.5) is 0 Å². The molecule has 0 unspecified atom stereocenters. The molecule has 174 valence electrons. The molecule has 0 heterocycles. The van der Waals surface area contributed by atoms with E-state index < -0.39 is 6.04 Å². The van der Waals surface area contributed by atoms with E-state index in [0.29, 0.717) is 42.1 Å². The second-order valence-electron chi connectivity index (χ2n) is 8.72. The van der Waals surface area contributed by atoms with E-state index in [1.807, 2.05) is 57.2 Å². The summed E-state index contributed by atoms with van der Waals surface area (Å²) < 4.78 is 5.77. The Hall–Kier alpha value is -2.53. The van der Waals surface area contributed by atoms with Crippen LogP contribution in [-0.4, -0.2) is 35.9 Å². The summed E-state index contributed by atoms with van der Waals surface area (Å²) in [6.45, 7) is 11.0. The van der Waals surface area contributed by atoms with E-state index in [9.17, 15) is 9.59 Å². The molecule has 6 heteroatoms. The normalized spacial score (nSPS) is 12.0. The highest BCUT2D eigenvalue weighted by atomic mass is 35.5. The number of hydrogen-bond donors (Lipinski definition) is 1. The van der Waals surface area contributed by atoms with Crippen molar-refractivity contribution in [2.75, 3.05) is 13.2 Å². The zero-order valence-electron chi connectivity index (χ0n) is 19.7. The van der Waals surface area contributed by atoms with Crippen LogP contribution in [-0.2, 0) is 16.1 Å². The van der Waals surface area contributed by atoms with Crippen molar-refractivity contribution in [3.63, 3.8) is 0 Å². The maximum absolute atomic E-state index is 13.2. The van der Waals surface area contributed by atoms with Gasteiger partial charge in [-0.05, 0) is 53.6 Å². The van der Waals surface area contributed by atoms with Crippen LogP contribution in [0.3, 0.4) is 0 Å². The van der Waals surface area contributed by atoms with Gasteiger partial charge in [-0.1, -0.05) is 70.5 Å². The first-order chi connectivity index (χ1) is 15.2. The third-order valence-corrected chi connectivity index (χ3v) is 5.50. The van der Waals surface area contributed by atoms with Gasteiger partial charge in [-0.2, -0.15) is 0 Å². The minimum atomic E-state index is -0.580. The molecule has 0 bridgehead atoms. The molecule has 0 aliphatic rings. The lowest BCUT2D eigenvalue weighted by Gasteiger charge is -2.30. The number of nitrogens with zero attached hydrogens (tertiary/aromatic N) is 1. The maximum Gasteiger partial charge on any atom is 0.261 e. The lowest BCUT2D eigenvalue weighted by molar-refractivity contribution is -0.143. The molecular formula is C26H35ClN2O3. The highest BCUT2D eigenvalue weighted by Gasteiger charge is 2.29. The van der Waals surface area contributed by atoms with Gasteiger partial charge < -0.3 is 15.0 Å². The second-order valence-corrected chi connectivity index (χ2v) is 9.16. The van der Waals surface area contributed by atoms with E-state index in [1.165, 1.54) is 5.56 Å². The Bertz CT molecular complexity index is 864. The van der Waals surface area contributed by atoms with Crippen molar-refractivity contribution in [1.29, 1.82) is 0 Å². The van der Waals surface area contributed by atoms with Gasteiger partial charge in [0.2, 0.25) is 5.91 Å². The summed E-state index contributed by atoms with van der Waals surface area (Å²) in [5.74, 6) is 1.000.